The van der Waals surface area contributed by atoms with Crippen molar-refractivity contribution in [1.29, 1.82) is 0 Å². The minimum Gasteiger partial charge on any atom is -0.503 e. The number of thiophene rings is 1. The number of methoxy groups -OCH3 is 1. The van der Waals surface area contributed by atoms with Crippen molar-refractivity contribution in [2.75, 3.05) is 25.2 Å². The summed E-state index contributed by atoms with van der Waals surface area (Å²) in [5.41, 5.74) is 2.33. The Balaban J connectivity index is 1.80. The van der Waals surface area contributed by atoms with Crippen molar-refractivity contribution >= 4 is 28.7 Å². The van der Waals surface area contributed by atoms with Gasteiger partial charge in [-0.25, -0.2) is 0 Å². The average Bonchev–Trinajstić information content (AvgIpc) is 3.47. The molecule has 7 heteroatoms. The average molecular weight is 478 g/mol. The van der Waals surface area contributed by atoms with Gasteiger partial charge < -0.3 is 14.6 Å². The molecule has 0 saturated carbocycles. The van der Waals surface area contributed by atoms with E-state index in [1.165, 1.54) is 4.90 Å². The van der Waals surface area contributed by atoms with Gasteiger partial charge in [0.05, 0.1) is 18.2 Å². The number of amides is 1. The predicted molar refractivity (Wildman–Crippen MR) is 133 cm³/mol. The van der Waals surface area contributed by atoms with Gasteiger partial charge in [-0.3, -0.25) is 14.5 Å². The number of carbonyl (C=O) groups is 2. The van der Waals surface area contributed by atoms with Gasteiger partial charge in [0.2, 0.25) is 0 Å². The lowest BCUT2D eigenvalue weighted by molar-refractivity contribution is -0.119. The zero-order valence-corrected chi connectivity index (χ0v) is 20.2. The standard InChI is InChI=1S/C27H27NO5S/c1-17(2)25(29)23-24(20-7-4-5-8-21(20)33-15-14-32-3)28(27(31)26(23)30)19-12-10-18(11-13-19)22-9-6-16-34-22/h4-13,16-17,24,30H,14-15H2,1-3H3. The Morgan fingerprint density at radius 3 is 2.44 bits per heavy atom. The van der Waals surface area contributed by atoms with Crippen molar-refractivity contribution in [3.8, 4) is 16.2 Å². The molecule has 0 fully saturated rings. The van der Waals surface area contributed by atoms with E-state index in [0.29, 0.717) is 30.2 Å². The number of hydrogen-bond donors (Lipinski definition) is 1. The molecule has 1 unspecified atom stereocenters. The first-order valence-electron chi connectivity index (χ1n) is 11.1. The number of nitrogens with zero attached hydrogens (tertiary/aromatic N) is 1. The van der Waals surface area contributed by atoms with Gasteiger partial charge in [-0.2, -0.15) is 0 Å². The molecule has 0 aliphatic carbocycles. The fourth-order valence-electron chi connectivity index (χ4n) is 4.03. The molecule has 3 aromatic rings. The number of benzene rings is 2. The highest BCUT2D eigenvalue weighted by atomic mass is 32.1. The van der Waals surface area contributed by atoms with E-state index in [9.17, 15) is 14.7 Å². The molecule has 34 heavy (non-hydrogen) atoms. The largest absolute Gasteiger partial charge is 0.503 e. The predicted octanol–water partition coefficient (Wildman–Crippen LogP) is 5.57. The Bertz CT molecular complexity index is 1200. The van der Waals surface area contributed by atoms with Crippen molar-refractivity contribution in [1.82, 2.24) is 0 Å². The van der Waals surface area contributed by atoms with Gasteiger partial charge in [-0.15, -0.1) is 11.3 Å². The highest BCUT2D eigenvalue weighted by molar-refractivity contribution is 7.13. The Morgan fingerprint density at radius 2 is 1.79 bits per heavy atom. The van der Waals surface area contributed by atoms with Crippen LogP contribution < -0.4 is 9.64 Å². The Morgan fingerprint density at radius 1 is 1.06 bits per heavy atom. The number of ketones is 1. The first-order valence-corrected chi connectivity index (χ1v) is 12.0. The minimum atomic E-state index is -0.811. The second kappa shape index (κ2) is 10.2. The van der Waals surface area contributed by atoms with Crippen LogP contribution in [-0.4, -0.2) is 37.1 Å². The first kappa shape index (κ1) is 23.7. The van der Waals surface area contributed by atoms with E-state index in [2.05, 4.69) is 0 Å². The van der Waals surface area contributed by atoms with Crippen LogP contribution in [0.2, 0.25) is 0 Å². The molecule has 1 aliphatic heterocycles. The van der Waals surface area contributed by atoms with E-state index < -0.39 is 23.6 Å². The van der Waals surface area contributed by atoms with Gasteiger partial charge in [-0.05, 0) is 35.2 Å². The van der Waals surface area contributed by atoms with Crippen molar-refractivity contribution in [3.63, 3.8) is 0 Å². The SMILES string of the molecule is COCCOc1ccccc1C1C(C(=O)C(C)C)=C(O)C(=O)N1c1ccc(-c2cccs2)cc1. The molecule has 1 aliphatic rings. The zero-order valence-electron chi connectivity index (χ0n) is 19.4. The van der Waals surface area contributed by atoms with Crippen LogP contribution in [0.1, 0.15) is 25.5 Å². The Labute approximate surface area is 203 Å². The van der Waals surface area contributed by atoms with Crippen molar-refractivity contribution < 1.29 is 24.2 Å². The van der Waals surface area contributed by atoms with Crippen LogP contribution in [0.4, 0.5) is 5.69 Å². The summed E-state index contributed by atoms with van der Waals surface area (Å²) in [7, 11) is 1.59. The fourth-order valence-corrected chi connectivity index (χ4v) is 4.76. The molecule has 2 heterocycles. The van der Waals surface area contributed by atoms with Gasteiger partial charge in [0.15, 0.2) is 11.5 Å². The number of para-hydroxylation sites is 1. The summed E-state index contributed by atoms with van der Waals surface area (Å²) >= 11 is 1.63. The summed E-state index contributed by atoms with van der Waals surface area (Å²) in [6.07, 6.45) is 0. The smallest absolute Gasteiger partial charge is 0.294 e. The second-order valence-corrected chi connectivity index (χ2v) is 9.21. The number of Topliss-reactive ketones (excluding diaryl/α,β-unsaturated/α-hetero) is 1. The molecule has 0 spiro atoms. The number of anilines is 1. The van der Waals surface area contributed by atoms with E-state index in [1.54, 1.807) is 38.4 Å². The van der Waals surface area contributed by atoms with Crippen LogP contribution in [0.5, 0.6) is 5.75 Å². The number of aliphatic hydroxyl groups excluding tert-OH is 1. The maximum atomic E-state index is 13.3. The van der Waals surface area contributed by atoms with Gasteiger partial charge in [0, 0.05) is 29.2 Å². The van der Waals surface area contributed by atoms with Crippen LogP contribution in [0.15, 0.2) is 77.4 Å². The molecule has 0 saturated heterocycles. The molecular weight excluding hydrogens is 450 g/mol. The second-order valence-electron chi connectivity index (χ2n) is 8.26. The van der Waals surface area contributed by atoms with Crippen LogP contribution >= 0.6 is 11.3 Å². The van der Waals surface area contributed by atoms with E-state index in [0.717, 1.165) is 10.4 Å². The summed E-state index contributed by atoms with van der Waals surface area (Å²) in [5.74, 6) is -1.26. The summed E-state index contributed by atoms with van der Waals surface area (Å²) in [6, 6.07) is 18.0. The summed E-state index contributed by atoms with van der Waals surface area (Å²) in [6.45, 7) is 4.21. The van der Waals surface area contributed by atoms with Crippen molar-refractivity contribution in [3.05, 3.63) is 82.9 Å². The number of rotatable bonds is 9. The molecule has 0 bridgehead atoms. The van der Waals surface area contributed by atoms with Crippen LogP contribution in [0, 0.1) is 5.92 Å². The maximum absolute atomic E-state index is 13.3. The van der Waals surface area contributed by atoms with Gasteiger partial charge >= 0.3 is 0 Å². The summed E-state index contributed by atoms with van der Waals surface area (Å²) in [4.78, 5) is 29.1. The molecule has 0 radical (unpaired) electrons. The first-order chi connectivity index (χ1) is 16.4. The lowest BCUT2D eigenvalue weighted by atomic mass is 9.90. The molecule has 1 N–H and O–H groups in total. The molecule has 1 aromatic heterocycles. The van der Waals surface area contributed by atoms with Gasteiger partial charge in [-0.1, -0.05) is 50.2 Å². The third-order valence-corrected chi connectivity index (χ3v) is 6.63. The summed E-state index contributed by atoms with van der Waals surface area (Å²) < 4.78 is 11.0. The summed E-state index contributed by atoms with van der Waals surface area (Å²) in [5, 5.41) is 12.9. The van der Waals surface area contributed by atoms with E-state index >= 15 is 0 Å². The van der Waals surface area contributed by atoms with E-state index in [-0.39, 0.29) is 11.4 Å². The van der Waals surface area contributed by atoms with Crippen LogP contribution in [0.3, 0.4) is 0 Å². The minimum absolute atomic E-state index is 0.0881. The molecule has 4 rings (SSSR count). The molecular formula is C27H27NO5S. The molecule has 2 aromatic carbocycles. The number of aliphatic hydroxyl groups is 1. The number of hydrogen-bond acceptors (Lipinski definition) is 6. The maximum Gasteiger partial charge on any atom is 0.294 e. The zero-order chi connectivity index (χ0) is 24.2. The lowest BCUT2D eigenvalue weighted by Gasteiger charge is -2.28. The third-order valence-electron chi connectivity index (χ3n) is 5.71. The van der Waals surface area contributed by atoms with Gasteiger partial charge in [0.1, 0.15) is 12.4 Å². The van der Waals surface area contributed by atoms with Crippen molar-refractivity contribution in [2.24, 2.45) is 5.92 Å². The van der Waals surface area contributed by atoms with Crippen LogP contribution in [0.25, 0.3) is 10.4 Å². The monoisotopic (exact) mass is 477 g/mol. The molecule has 176 valence electrons. The van der Waals surface area contributed by atoms with Crippen LogP contribution in [-0.2, 0) is 14.3 Å². The molecule has 1 atom stereocenters. The third kappa shape index (κ3) is 4.49. The highest BCUT2D eigenvalue weighted by Gasteiger charge is 2.45. The topological polar surface area (TPSA) is 76.1 Å². The molecule has 6 nitrogen and oxygen atoms in total. The number of carbonyl (C=O) groups excluding carboxylic acids is 2. The lowest BCUT2D eigenvalue weighted by Crippen LogP contribution is -2.31. The number of ether oxygens (including phenoxy) is 2. The van der Waals surface area contributed by atoms with Gasteiger partial charge in [0.25, 0.3) is 5.91 Å². The molecule has 1 amide bonds. The highest BCUT2D eigenvalue weighted by Crippen LogP contribution is 2.45. The van der Waals surface area contributed by atoms with E-state index in [1.807, 2.05) is 60.0 Å². The Kier molecular flexibility index (Phi) is 7.14. The van der Waals surface area contributed by atoms with E-state index in [4.69, 9.17) is 9.47 Å². The quantitative estimate of drug-likeness (QED) is 0.408. The van der Waals surface area contributed by atoms with Crippen molar-refractivity contribution in [2.45, 2.75) is 19.9 Å². The fraction of sp³-hybridized carbons (Fsp3) is 0.259. The Hall–Kier alpha value is -3.42. The normalized spacial score (nSPS) is 15.9.